The predicted octanol–water partition coefficient (Wildman–Crippen LogP) is 1.16. The van der Waals surface area contributed by atoms with Gasteiger partial charge in [-0.15, -0.1) is 0 Å². The summed E-state index contributed by atoms with van der Waals surface area (Å²) in [5, 5.41) is 18.8. The fraction of sp³-hybridized carbons (Fsp3) is 0.333. The molecule has 0 aromatic heterocycles. The van der Waals surface area contributed by atoms with Gasteiger partial charge in [0.15, 0.2) is 0 Å². The Morgan fingerprint density at radius 2 is 1.45 bits per heavy atom. The molecule has 0 saturated heterocycles. The third-order valence-electron chi connectivity index (χ3n) is 2.16. The van der Waals surface area contributed by atoms with E-state index in [4.69, 9.17) is 0 Å². The van der Waals surface area contributed by atoms with E-state index in [0.717, 1.165) is 11.1 Å². The molecule has 1 aliphatic carbocycles. The average molecular weight is 150 g/mol. The first-order chi connectivity index (χ1) is 5.29. The van der Waals surface area contributed by atoms with Crippen LogP contribution in [0.4, 0.5) is 0 Å². The van der Waals surface area contributed by atoms with Crippen LogP contribution in [0.3, 0.4) is 0 Å². The number of aliphatic hydroxyl groups excluding tert-OH is 2. The van der Waals surface area contributed by atoms with E-state index in [1.807, 2.05) is 24.3 Å². The summed E-state index contributed by atoms with van der Waals surface area (Å²) in [6.45, 7) is 0. The second-order valence-electron chi connectivity index (χ2n) is 2.90. The van der Waals surface area contributed by atoms with Crippen LogP contribution < -0.4 is 0 Å². The van der Waals surface area contributed by atoms with Gasteiger partial charge in [0.25, 0.3) is 0 Å². The van der Waals surface area contributed by atoms with Crippen LogP contribution in [0.25, 0.3) is 0 Å². The minimum atomic E-state index is -0.471. The smallest absolute Gasteiger partial charge is 0.0821 e. The van der Waals surface area contributed by atoms with Gasteiger partial charge in [-0.1, -0.05) is 24.3 Å². The SMILES string of the molecule is OC1C[C@H](O)c2ccccc21. The maximum atomic E-state index is 9.39. The van der Waals surface area contributed by atoms with Gasteiger partial charge in [-0.3, -0.25) is 0 Å². The highest BCUT2D eigenvalue weighted by Crippen LogP contribution is 2.37. The largest absolute Gasteiger partial charge is 0.388 e. The molecule has 0 radical (unpaired) electrons. The number of rotatable bonds is 0. The van der Waals surface area contributed by atoms with Crippen molar-refractivity contribution in [1.29, 1.82) is 0 Å². The molecular weight excluding hydrogens is 140 g/mol. The lowest BCUT2D eigenvalue weighted by atomic mass is 10.1. The van der Waals surface area contributed by atoms with Gasteiger partial charge in [0, 0.05) is 6.42 Å². The number of hydrogen-bond donors (Lipinski definition) is 2. The lowest BCUT2D eigenvalue weighted by molar-refractivity contribution is 0.107. The van der Waals surface area contributed by atoms with Gasteiger partial charge in [0.05, 0.1) is 12.2 Å². The van der Waals surface area contributed by atoms with Crippen molar-refractivity contribution in [2.24, 2.45) is 0 Å². The first-order valence-corrected chi connectivity index (χ1v) is 3.74. The van der Waals surface area contributed by atoms with Crippen molar-refractivity contribution < 1.29 is 10.2 Å². The molecule has 1 aromatic rings. The zero-order valence-corrected chi connectivity index (χ0v) is 6.07. The van der Waals surface area contributed by atoms with Crippen molar-refractivity contribution in [1.82, 2.24) is 0 Å². The van der Waals surface area contributed by atoms with Crippen LogP contribution in [0.15, 0.2) is 24.3 Å². The number of hydrogen-bond acceptors (Lipinski definition) is 2. The third-order valence-corrected chi connectivity index (χ3v) is 2.16. The topological polar surface area (TPSA) is 40.5 Å². The maximum absolute atomic E-state index is 9.39. The quantitative estimate of drug-likeness (QED) is 0.582. The summed E-state index contributed by atoms with van der Waals surface area (Å²) in [5.41, 5.74) is 1.75. The second-order valence-corrected chi connectivity index (χ2v) is 2.90. The molecule has 2 nitrogen and oxygen atoms in total. The molecular formula is C9H10O2. The van der Waals surface area contributed by atoms with E-state index in [1.54, 1.807) is 0 Å². The van der Waals surface area contributed by atoms with Crippen LogP contribution in [-0.2, 0) is 0 Å². The van der Waals surface area contributed by atoms with E-state index < -0.39 is 12.2 Å². The minimum Gasteiger partial charge on any atom is -0.388 e. The van der Waals surface area contributed by atoms with E-state index in [9.17, 15) is 10.2 Å². The first kappa shape index (κ1) is 6.83. The zero-order chi connectivity index (χ0) is 7.84. The standard InChI is InChI=1S/C9H10O2/c10-8-5-9(11)7-4-2-1-3-6(7)8/h1-4,8-11H,5H2/t8-,9?/m0/s1. The van der Waals surface area contributed by atoms with Crippen LogP contribution in [0.2, 0.25) is 0 Å². The molecule has 0 fully saturated rings. The second kappa shape index (κ2) is 2.32. The molecule has 58 valence electrons. The summed E-state index contributed by atoms with van der Waals surface area (Å²) in [4.78, 5) is 0. The van der Waals surface area contributed by atoms with E-state index >= 15 is 0 Å². The van der Waals surface area contributed by atoms with Gasteiger partial charge < -0.3 is 10.2 Å². The lowest BCUT2D eigenvalue weighted by Crippen LogP contribution is -1.89. The first-order valence-electron chi connectivity index (χ1n) is 3.74. The molecule has 0 bridgehead atoms. The Balaban J connectivity index is 2.52. The molecule has 2 N–H and O–H groups in total. The van der Waals surface area contributed by atoms with Gasteiger partial charge >= 0.3 is 0 Å². The molecule has 1 unspecified atom stereocenters. The number of fused-ring (bicyclic) bond motifs is 1. The summed E-state index contributed by atoms with van der Waals surface area (Å²) >= 11 is 0. The summed E-state index contributed by atoms with van der Waals surface area (Å²) in [7, 11) is 0. The summed E-state index contributed by atoms with van der Waals surface area (Å²) in [6, 6.07) is 7.46. The van der Waals surface area contributed by atoms with Crippen LogP contribution in [0, 0.1) is 0 Å². The number of aliphatic hydroxyl groups is 2. The maximum Gasteiger partial charge on any atom is 0.0821 e. The van der Waals surface area contributed by atoms with Gasteiger partial charge in [0.1, 0.15) is 0 Å². The molecule has 0 saturated carbocycles. The van der Waals surface area contributed by atoms with E-state index in [-0.39, 0.29) is 0 Å². The Hall–Kier alpha value is -0.860. The Kier molecular flexibility index (Phi) is 1.44. The van der Waals surface area contributed by atoms with Crippen molar-refractivity contribution >= 4 is 0 Å². The van der Waals surface area contributed by atoms with E-state index in [2.05, 4.69) is 0 Å². The highest BCUT2D eigenvalue weighted by molar-refractivity contribution is 5.35. The summed E-state index contributed by atoms with van der Waals surface area (Å²) < 4.78 is 0. The van der Waals surface area contributed by atoms with Crippen molar-refractivity contribution in [3.63, 3.8) is 0 Å². The average Bonchev–Trinajstić information content (AvgIpc) is 2.30. The van der Waals surface area contributed by atoms with Gasteiger partial charge in [-0.2, -0.15) is 0 Å². The normalized spacial score (nSPS) is 28.5. The van der Waals surface area contributed by atoms with Crippen LogP contribution in [0.1, 0.15) is 29.8 Å². The molecule has 0 heterocycles. The molecule has 2 atom stereocenters. The van der Waals surface area contributed by atoms with Crippen molar-refractivity contribution in [3.8, 4) is 0 Å². The summed E-state index contributed by atoms with van der Waals surface area (Å²) in [5.74, 6) is 0. The zero-order valence-electron chi connectivity index (χ0n) is 6.07. The molecule has 0 amide bonds. The molecule has 2 heteroatoms. The van der Waals surface area contributed by atoms with Gasteiger partial charge in [0.2, 0.25) is 0 Å². The van der Waals surface area contributed by atoms with E-state index in [0.29, 0.717) is 6.42 Å². The third kappa shape index (κ3) is 0.951. The highest BCUT2D eigenvalue weighted by atomic mass is 16.3. The molecule has 1 aliphatic rings. The van der Waals surface area contributed by atoms with Crippen LogP contribution in [0.5, 0.6) is 0 Å². The highest BCUT2D eigenvalue weighted by Gasteiger charge is 2.26. The van der Waals surface area contributed by atoms with Crippen LogP contribution >= 0.6 is 0 Å². The number of benzene rings is 1. The molecule has 11 heavy (non-hydrogen) atoms. The molecule has 1 aromatic carbocycles. The Morgan fingerprint density at radius 1 is 1.00 bits per heavy atom. The van der Waals surface area contributed by atoms with Crippen molar-refractivity contribution in [2.45, 2.75) is 18.6 Å². The molecule has 0 aliphatic heterocycles. The fourth-order valence-corrected chi connectivity index (χ4v) is 1.58. The van der Waals surface area contributed by atoms with Gasteiger partial charge in [-0.25, -0.2) is 0 Å². The molecule has 0 spiro atoms. The monoisotopic (exact) mass is 150 g/mol. The van der Waals surface area contributed by atoms with Crippen molar-refractivity contribution in [3.05, 3.63) is 35.4 Å². The van der Waals surface area contributed by atoms with Crippen molar-refractivity contribution in [2.75, 3.05) is 0 Å². The lowest BCUT2D eigenvalue weighted by Gasteiger charge is -2.00. The van der Waals surface area contributed by atoms with Gasteiger partial charge in [-0.05, 0) is 11.1 Å². The Morgan fingerprint density at radius 3 is 1.91 bits per heavy atom. The molecule has 2 rings (SSSR count). The minimum absolute atomic E-state index is 0.444. The van der Waals surface area contributed by atoms with Crippen LogP contribution in [-0.4, -0.2) is 10.2 Å². The van der Waals surface area contributed by atoms with E-state index in [1.165, 1.54) is 0 Å². The Bertz CT molecular complexity index is 243. The predicted molar refractivity (Wildman–Crippen MR) is 41.0 cm³/mol. The summed E-state index contributed by atoms with van der Waals surface area (Å²) in [6.07, 6.45) is -0.498. The fourth-order valence-electron chi connectivity index (χ4n) is 1.58. The Labute approximate surface area is 65.1 Å².